The summed E-state index contributed by atoms with van der Waals surface area (Å²) in [5.41, 5.74) is 9.26. The third kappa shape index (κ3) is 3.11. The van der Waals surface area contributed by atoms with Gasteiger partial charge in [-0.1, -0.05) is 36.2 Å². The maximum absolute atomic E-state index is 6.28. The summed E-state index contributed by atoms with van der Waals surface area (Å²) in [4.78, 5) is 0. The molecule has 2 aromatic rings. The lowest BCUT2D eigenvalue weighted by atomic mass is 9.99. The first-order chi connectivity index (χ1) is 9.02. The summed E-state index contributed by atoms with van der Waals surface area (Å²) >= 11 is 12.4. The van der Waals surface area contributed by atoms with Gasteiger partial charge in [-0.3, -0.25) is 4.68 Å². The number of benzene rings is 1. The Hall–Kier alpha value is -1.03. The molecule has 0 fully saturated rings. The number of rotatable bonds is 4. The van der Waals surface area contributed by atoms with Gasteiger partial charge in [-0.25, -0.2) is 0 Å². The maximum Gasteiger partial charge on any atom is 0.0669 e. The van der Waals surface area contributed by atoms with E-state index in [0.29, 0.717) is 16.5 Å². The number of nitrogens with zero attached hydrogens (tertiary/aromatic N) is 2. The van der Waals surface area contributed by atoms with Gasteiger partial charge in [0.15, 0.2) is 0 Å². The number of hydrogen-bond donors (Lipinski definition) is 1. The minimum atomic E-state index is -0.152. The summed E-state index contributed by atoms with van der Waals surface area (Å²) in [6.45, 7) is 2.07. The molecule has 2 rings (SSSR count). The second-order valence-corrected chi connectivity index (χ2v) is 5.38. The van der Waals surface area contributed by atoms with Gasteiger partial charge in [0.1, 0.15) is 0 Å². The van der Waals surface area contributed by atoms with Crippen LogP contribution in [0.15, 0.2) is 24.4 Å². The summed E-state index contributed by atoms with van der Waals surface area (Å²) in [6.07, 6.45) is 3.44. The molecule has 0 aliphatic carbocycles. The van der Waals surface area contributed by atoms with Gasteiger partial charge in [0.25, 0.3) is 0 Å². The van der Waals surface area contributed by atoms with Crippen LogP contribution in [-0.2, 0) is 19.9 Å². The molecule has 1 unspecified atom stereocenters. The van der Waals surface area contributed by atoms with Crippen molar-refractivity contribution in [3.63, 3.8) is 0 Å². The van der Waals surface area contributed by atoms with E-state index >= 15 is 0 Å². The monoisotopic (exact) mass is 297 g/mol. The van der Waals surface area contributed by atoms with Crippen molar-refractivity contribution in [2.45, 2.75) is 25.8 Å². The minimum Gasteiger partial charge on any atom is -0.324 e. The molecule has 0 bridgehead atoms. The molecule has 0 amide bonds. The van der Waals surface area contributed by atoms with Crippen molar-refractivity contribution >= 4 is 23.2 Å². The molecule has 0 spiro atoms. The quantitative estimate of drug-likeness (QED) is 0.938. The van der Waals surface area contributed by atoms with E-state index in [1.54, 1.807) is 4.68 Å². The van der Waals surface area contributed by atoms with Gasteiger partial charge in [0, 0.05) is 34.9 Å². The SMILES string of the molecule is CCc1nn(C)cc1C(N)Cc1c(Cl)cccc1Cl. The van der Waals surface area contributed by atoms with E-state index in [-0.39, 0.29) is 6.04 Å². The first-order valence-electron chi connectivity index (χ1n) is 6.23. The maximum atomic E-state index is 6.28. The summed E-state index contributed by atoms with van der Waals surface area (Å²) in [5.74, 6) is 0. The predicted molar refractivity (Wildman–Crippen MR) is 79.7 cm³/mol. The van der Waals surface area contributed by atoms with Crippen molar-refractivity contribution in [1.82, 2.24) is 9.78 Å². The van der Waals surface area contributed by atoms with Crippen molar-refractivity contribution in [3.8, 4) is 0 Å². The highest BCUT2D eigenvalue weighted by Gasteiger charge is 2.17. The van der Waals surface area contributed by atoms with Crippen LogP contribution in [0, 0.1) is 0 Å². The Balaban J connectivity index is 2.28. The van der Waals surface area contributed by atoms with Gasteiger partial charge >= 0.3 is 0 Å². The number of aromatic nitrogens is 2. The Morgan fingerprint density at radius 2 is 1.95 bits per heavy atom. The molecule has 0 radical (unpaired) electrons. The highest BCUT2D eigenvalue weighted by atomic mass is 35.5. The Kier molecular flexibility index (Phi) is 4.50. The summed E-state index contributed by atoms with van der Waals surface area (Å²) in [7, 11) is 1.90. The zero-order valence-electron chi connectivity index (χ0n) is 11.0. The lowest BCUT2D eigenvalue weighted by Crippen LogP contribution is -2.15. The first-order valence-corrected chi connectivity index (χ1v) is 6.99. The average molecular weight is 298 g/mol. The number of halogens is 2. The van der Waals surface area contributed by atoms with Gasteiger partial charge < -0.3 is 5.73 Å². The predicted octanol–water partition coefficient (Wildman–Crippen LogP) is 3.53. The van der Waals surface area contributed by atoms with Crippen LogP contribution in [0.25, 0.3) is 0 Å². The average Bonchev–Trinajstić information content (AvgIpc) is 2.75. The molecule has 0 saturated heterocycles. The van der Waals surface area contributed by atoms with Gasteiger partial charge in [-0.05, 0) is 30.5 Å². The van der Waals surface area contributed by atoms with Gasteiger partial charge in [0.05, 0.1) is 5.69 Å². The van der Waals surface area contributed by atoms with Crippen LogP contribution in [0.4, 0.5) is 0 Å². The summed E-state index contributed by atoms with van der Waals surface area (Å²) in [5, 5.41) is 5.72. The molecule has 1 heterocycles. The Labute approximate surface area is 123 Å². The Morgan fingerprint density at radius 3 is 2.53 bits per heavy atom. The largest absolute Gasteiger partial charge is 0.324 e. The van der Waals surface area contributed by atoms with Crippen molar-refractivity contribution in [3.05, 3.63) is 51.3 Å². The molecule has 1 atom stereocenters. The highest BCUT2D eigenvalue weighted by Crippen LogP contribution is 2.29. The third-order valence-electron chi connectivity index (χ3n) is 3.16. The molecule has 0 aliphatic rings. The van der Waals surface area contributed by atoms with Crippen LogP contribution >= 0.6 is 23.2 Å². The molecule has 19 heavy (non-hydrogen) atoms. The summed E-state index contributed by atoms with van der Waals surface area (Å²) in [6, 6.07) is 5.35. The molecule has 1 aromatic heterocycles. The number of nitrogens with two attached hydrogens (primary N) is 1. The fourth-order valence-corrected chi connectivity index (χ4v) is 2.75. The minimum absolute atomic E-state index is 0.152. The van der Waals surface area contributed by atoms with Gasteiger partial charge in [-0.15, -0.1) is 0 Å². The van der Waals surface area contributed by atoms with E-state index < -0.39 is 0 Å². The standard InChI is InChI=1S/C14H17Cl2N3/c1-3-14-10(8-19(2)18-14)13(17)7-9-11(15)5-4-6-12(9)16/h4-6,8,13H,3,7,17H2,1-2H3. The highest BCUT2D eigenvalue weighted by molar-refractivity contribution is 6.36. The Morgan fingerprint density at radius 1 is 1.32 bits per heavy atom. The fourth-order valence-electron chi connectivity index (χ4n) is 2.19. The molecule has 1 aromatic carbocycles. The van der Waals surface area contributed by atoms with Crippen LogP contribution in [0.2, 0.25) is 10.0 Å². The molecular weight excluding hydrogens is 281 g/mol. The first kappa shape index (κ1) is 14.4. The number of hydrogen-bond acceptors (Lipinski definition) is 2. The molecule has 5 heteroatoms. The molecule has 3 nitrogen and oxygen atoms in total. The molecule has 0 saturated carbocycles. The van der Waals surface area contributed by atoms with E-state index in [2.05, 4.69) is 12.0 Å². The van der Waals surface area contributed by atoms with E-state index in [4.69, 9.17) is 28.9 Å². The lowest BCUT2D eigenvalue weighted by molar-refractivity contribution is 0.712. The molecular formula is C14H17Cl2N3. The summed E-state index contributed by atoms with van der Waals surface area (Å²) < 4.78 is 1.79. The van der Waals surface area contributed by atoms with Crippen LogP contribution in [0.1, 0.15) is 29.8 Å². The number of aryl methyl sites for hydroxylation is 2. The van der Waals surface area contributed by atoms with Gasteiger partial charge in [-0.2, -0.15) is 5.10 Å². The lowest BCUT2D eigenvalue weighted by Gasteiger charge is -2.13. The molecule has 2 N–H and O–H groups in total. The van der Waals surface area contributed by atoms with Crippen LogP contribution in [-0.4, -0.2) is 9.78 Å². The zero-order chi connectivity index (χ0) is 14.0. The van der Waals surface area contributed by atoms with Crippen LogP contribution in [0.5, 0.6) is 0 Å². The van der Waals surface area contributed by atoms with Crippen LogP contribution < -0.4 is 5.73 Å². The zero-order valence-corrected chi connectivity index (χ0v) is 12.5. The Bertz CT molecular complexity index is 558. The van der Waals surface area contributed by atoms with Crippen molar-refractivity contribution in [1.29, 1.82) is 0 Å². The van der Waals surface area contributed by atoms with E-state index in [1.165, 1.54) is 0 Å². The smallest absolute Gasteiger partial charge is 0.0669 e. The van der Waals surface area contributed by atoms with E-state index in [0.717, 1.165) is 23.2 Å². The molecule has 102 valence electrons. The second kappa shape index (κ2) is 5.95. The fraction of sp³-hybridized carbons (Fsp3) is 0.357. The topological polar surface area (TPSA) is 43.8 Å². The van der Waals surface area contributed by atoms with E-state index in [9.17, 15) is 0 Å². The third-order valence-corrected chi connectivity index (χ3v) is 3.87. The van der Waals surface area contributed by atoms with Crippen LogP contribution in [0.3, 0.4) is 0 Å². The second-order valence-electron chi connectivity index (χ2n) is 4.57. The molecule has 0 aliphatic heterocycles. The van der Waals surface area contributed by atoms with E-state index in [1.807, 2.05) is 31.4 Å². The van der Waals surface area contributed by atoms with Crippen molar-refractivity contribution in [2.24, 2.45) is 12.8 Å². The van der Waals surface area contributed by atoms with Crippen molar-refractivity contribution < 1.29 is 0 Å². The normalized spacial score (nSPS) is 12.7. The van der Waals surface area contributed by atoms with Crippen molar-refractivity contribution in [2.75, 3.05) is 0 Å². The van der Waals surface area contributed by atoms with Gasteiger partial charge in [0.2, 0.25) is 0 Å².